The summed E-state index contributed by atoms with van der Waals surface area (Å²) in [5.41, 5.74) is 0. The number of aliphatic hydroxyl groups excluding tert-OH is 1. The van der Waals surface area contributed by atoms with Gasteiger partial charge in [0.2, 0.25) is 0 Å². The second kappa shape index (κ2) is 46.7. The van der Waals surface area contributed by atoms with Gasteiger partial charge in [0, 0.05) is 22.1 Å². The topological polar surface area (TPSA) is 83.5 Å². The Hall–Kier alpha value is 1.68. The van der Waals surface area contributed by atoms with Gasteiger partial charge in [0.15, 0.2) is 0 Å². The highest BCUT2D eigenvalue weighted by atomic mass is 31.3. The summed E-state index contributed by atoms with van der Waals surface area (Å²) in [5, 5.41) is 10.4. The zero-order chi connectivity index (χ0) is 46.9. The molecule has 334 valence electrons. The first-order valence-corrected chi connectivity index (χ1v) is 32.5. The van der Waals surface area contributed by atoms with Gasteiger partial charge in [0.1, 0.15) is 38.3 Å². The fourth-order valence-corrected chi connectivity index (χ4v) is 9.35. The summed E-state index contributed by atoms with van der Waals surface area (Å²) < 4.78 is 58.8. The van der Waals surface area contributed by atoms with Crippen molar-refractivity contribution in [2.24, 2.45) is 0 Å². The first-order valence-electron chi connectivity index (χ1n) is 25.0. The molecule has 0 saturated carbocycles. The number of hydrogen-bond donors (Lipinski definition) is 1. The maximum absolute atomic E-state index is 12.7. The van der Waals surface area contributed by atoms with Gasteiger partial charge in [-0.2, -0.15) is 0 Å². The zero-order valence-corrected chi connectivity index (χ0v) is 43.6. The predicted molar refractivity (Wildman–Crippen MR) is 271 cm³/mol. The second-order valence-corrected chi connectivity index (χ2v) is 23.3. The number of esters is 1. The lowest BCUT2D eigenvalue weighted by Gasteiger charge is -2.29. The quantitative estimate of drug-likeness (QED) is 0.0282. The largest absolute Gasteiger partial charge is 0.460 e. The standard InChI is InChI=1S/C26H54B2O4P2Si.C15H34B2O3P2Si/c1-4-6-8-10-12-14-16-18-20-24(25(32-34(3)27)22-23-30-35(28)33)31-26(29)21-19-17-15-13-11-9-7-5-2;1-3-4-5-6-7-8-9-10-11-14(18)15(20-22(2)16)12-13-19-23(17)21/h24-25,35H,4-23,33H2,1-3H3;14-15,18,23H,3-13,21H2,1-2H3/t24?,25-,34?,35?;14?,15-,22?,23?/m11/s1/i33T,35D;21T,23D/t24?,25-,33?,34?,35?;14?,15-,21?,22?,23?. The van der Waals surface area contributed by atoms with Gasteiger partial charge in [-0.1, -0.05) is 162 Å². The third-order valence-electron chi connectivity index (χ3n) is 9.98. The fourth-order valence-electron chi connectivity index (χ4n) is 6.72. The maximum atomic E-state index is 12.7. The highest BCUT2D eigenvalue weighted by molar-refractivity contribution is 7.77. The highest BCUT2D eigenvalue weighted by Gasteiger charge is 2.27. The van der Waals surface area contributed by atoms with Gasteiger partial charge >= 0.3 is 5.97 Å². The lowest BCUT2D eigenvalue weighted by Crippen LogP contribution is -2.34. The number of carbonyl (C=O) groups excluding carboxylic acids is 1. The van der Waals surface area contributed by atoms with Crippen LogP contribution in [0, 0.1) is 0 Å². The molecule has 0 saturated heterocycles. The average Bonchev–Trinajstić information content (AvgIpc) is 3.22. The molecule has 0 heterocycles. The molecular formula is C41H88B4O7P4Si2. The zero-order valence-electron chi connectivity index (χ0n) is 41.8. The molecule has 0 amide bonds. The molecular weight excluding hydrogens is 828 g/mol. The van der Waals surface area contributed by atoms with Gasteiger partial charge in [0.05, 0.1) is 35.7 Å². The number of rotatable bonds is 44. The van der Waals surface area contributed by atoms with Crippen LogP contribution in [0.2, 0.25) is 0 Å². The molecule has 0 aromatic rings. The molecule has 17 heteroatoms. The number of aliphatic hydroxyl groups is 1. The first kappa shape index (κ1) is 54.0. The minimum Gasteiger partial charge on any atom is -0.460 e. The Kier molecular flexibility index (Phi) is 43.5. The summed E-state index contributed by atoms with van der Waals surface area (Å²) in [7, 11) is 13.8. The van der Waals surface area contributed by atoms with Crippen LogP contribution in [0.1, 0.15) is 207 Å². The third-order valence-corrected chi connectivity index (χ3v) is 13.1. The molecule has 1 N–H and O–H groups in total. The summed E-state index contributed by atoms with van der Waals surface area (Å²) in [6, 6.07) is 0. The Labute approximate surface area is 380 Å². The maximum Gasteiger partial charge on any atom is 0.306 e. The van der Waals surface area contributed by atoms with E-state index in [1.54, 1.807) is 6.66 Å². The molecule has 0 aliphatic carbocycles. The van der Waals surface area contributed by atoms with Crippen molar-refractivity contribution in [3.8, 4) is 0 Å². The van der Waals surface area contributed by atoms with E-state index >= 15 is 0 Å². The van der Waals surface area contributed by atoms with E-state index in [2.05, 4.69) is 20.8 Å². The SMILES string of the molecule is [2H][Si]([B])(OCC[C@@H](OP([B])C)C(CCCCCCCCCC)OC(=O)CCCCCCCCCC)P[3H].[2H][Si]([B])(OCC[C@@H](OP([B])C)C(O)CCCCCCCCCC)P[3H]. The molecule has 7 nitrogen and oxygen atoms in total. The molecule has 0 bridgehead atoms. The van der Waals surface area contributed by atoms with E-state index in [1.807, 2.05) is 6.66 Å². The van der Waals surface area contributed by atoms with Crippen LogP contribution >= 0.6 is 33.5 Å². The molecule has 0 aliphatic heterocycles. The average molecular weight is 922 g/mol. The monoisotopic (exact) mass is 923 g/mol. The molecule has 0 aromatic carbocycles. The van der Waals surface area contributed by atoms with Crippen LogP contribution in [0.3, 0.4) is 0 Å². The third kappa shape index (κ3) is 45.7. The Morgan fingerprint density at radius 1 is 0.603 bits per heavy atom. The summed E-state index contributed by atoms with van der Waals surface area (Å²) in [4.78, 5) is 12.7. The van der Waals surface area contributed by atoms with Crippen molar-refractivity contribution in [1.82, 2.24) is 0 Å². The van der Waals surface area contributed by atoms with E-state index in [0.29, 0.717) is 25.7 Å². The van der Waals surface area contributed by atoms with Crippen LogP contribution in [-0.2, 0) is 27.4 Å². The van der Waals surface area contributed by atoms with Gasteiger partial charge in [-0.25, -0.2) is 0 Å². The normalized spacial score (nSPS) is 18.2. The predicted octanol–water partition coefficient (Wildman–Crippen LogP) is 11.2. The molecule has 8 radical (unpaired) electrons. The number of ether oxygens (including phenoxy) is 1. The fraction of sp³-hybridized carbons (Fsp3) is 0.976. The smallest absolute Gasteiger partial charge is 0.306 e. The van der Waals surface area contributed by atoms with Crippen LogP contribution in [0.25, 0.3) is 0 Å². The van der Waals surface area contributed by atoms with Crippen LogP contribution in [-0.4, -0.2) is 114 Å². The molecule has 0 fully saturated rings. The van der Waals surface area contributed by atoms with E-state index in [1.165, 1.54) is 116 Å². The van der Waals surface area contributed by atoms with Gasteiger partial charge in [0.25, 0.3) is 0 Å². The van der Waals surface area contributed by atoms with Crippen LogP contribution in [0.15, 0.2) is 0 Å². The van der Waals surface area contributed by atoms with E-state index in [4.69, 9.17) is 57.7 Å². The Bertz CT molecular complexity index is 1010. The van der Waals surface area contributed by atoms with Crippen molar-refractivity contribution in [1.29, 1.82) is 5.03 Å². The molecule has 8 unspecified atom stereocenters. The molecule has 0 rings (SSSR count). The summed E-state index contributed by atoms with van der Waals surface area (Å²) in [6.45, 7) is 10.8. The minimum atomic E-state index is -3.18. The van der Waals surface area contributed by atoms with E-state index < -0.39 is 56.6 Å². The molecule has 0 spiro atoms. The van der Waals surface area contributed by atoms with Gasteiger partial charge in [-0.3, -0.25) is 4.79 Å². The van der Waals surface area contributed by atoms with Gasteiger partial charge in [-0.05, 0) is 67.9 Å². The highest BCUT2D eigenvalue weighted by Crippen LogP contribution is 2.32. The van der Waals surface area contributed by atoms with E-state index in [0.717, 1.165) is 44.9 Å². The van der Waals surface area contributed by atoms with Crippen molar-refractivity contribution >= 4 is 86.5 Å². The van der Waals surface area contributed by atoms with Gasteiger partial charge < -0.3 is 27.7 Å². The lowest BCUT2D eigenvalue weighted by molar-refractivity contribution is -0.155. The number of hydrogen-bond acceptors (Lipinski definition) is 7. The van der Waals surface area contributed by atoms with Crippen molar-refractivity contribution in [3.05, 3.63) is 0 Å². The summed E-state index contributed by atoms with van der Waals surface area (Å²) in [5.74, 6) is -0.168. The van der Waals surface area contributed by atoms with Crippen LogP contribution < -0.4 is 0 Å². The Morgan fingerprint density at radius 2 is 0.966 bits per heavy atom. The van der Waals surface area contributed by atoms with Gasteiger partial charge in [-0.15, -0.1) is 17.5 Å². The summed E-state index contributed by atoms with van der Waals surface area (Å²) in [6.07, 6.45) is 30.0. The Balaban J connectivity index is 0. The number of carbonyl (C=O) groups is 1. The van der Waals surface area contributed by atoms with Crippen molar-refractivity contribution < 1.29 is 32.5 Å². The molecule has 58 heavy (non-hydrogen) atoms. The first-order chi connectivity index (χ1) is 29.6. The second-order valence-electron chi connectivity index (χ2n) is 15.7. The molecule has 10 atom stereocenters. The molecule has 0 aliphatic rings. The van der Waals surface area contributed by atoms with Crippen LogP contribution in [0.4, 0.5) is 0 Å². The van der Waals surface area contributed by atoms with Crippen molar-refractivity contribution in [2.45, 2.75) is 231 Å². The summed E-state index contributed by atoms with van der Waals surface area (Å²) >= 11 is 0. The Morgan fingerprint density at radius 3 is 1.38 bits per heavy atom. The molecule has 0 aromatic heterocycles. The van der Waals surface area contributed by atoms with Crippen molar-refractivity contribution in [2.75, 3.05) is 26.5 Å². The minimum absolute atomic E-state index is 0.168. The van der Waals surface area contributed by atoms with Crippen LogP contribution in [0.5, 0.6) is 0 Å². The van der Waals surface area contributed by atoms with E-state index in [9.17, 15) is 9.90 Å². The van der Waals surface area contributed by atoms with Crippen molar-refractivity contribution in [3.63, 3.8) is 0 Å². The van der Waals surface area contributed by atoms with E-state index in [-0.39, 0.29) is 37.5 Å². The lowest BCUT2D eigenvalue weighted by atomic mass is 10.0. The number of unbranched alkanes of at least 4 members (excludes halogenated alkanes) is 21.